The Labute approximate surface area is 317 Å². The molecule has 0 amide bonds. The van der Waals surface area contributed by atoms with Gasteiger partial charge in [-0.2, -0.15) is 18.3 Å². The first-order chi connectivity index (χ1) is 25.4. The normalized spacial score (nSPS) is 15.4. The predicted molar refractivity (Wildman–Crippen MR) is 204 cm³/mol. The fourth-order valence-electron chi connectivity index (χ4n) is 5.53. The zero-order valence-corrected chi connectivity index (χ0v) is 30.9. The largest absolute Gasteiger partial charge is 0.416 e. The van der Waals surface area contributed by atoms with Crippen molar-refractivity contribution in [2.75, 3.05) is 26.2 Å². The Hall–Kier alpha value is -4.40. The molecule has 0 aliphatic carbocycles. The summed E-state index contributed by atoms with van der Waals surface area (Å²) in [6, 6.07) is 27.8. The fourth-order valence-corrected chi connectivity index (χ4v) is 6.81. The molecule has 1 heterocycles. The molecule has 4 aromatic carbocycles. The van der Waals surface area contributed by atoms with Crippen LogP contribution in [0.5, 0.6) is 0 Å². The quantitative estimate of drug-likeness (QED) is 0.0484. The molecule has 0 saturated carbocycles. The number of unbranched alkanes of at least 4 members (excludes halogenated alkanes) is 3. The van der Waals surface area contributed by atoms with Crippen LogP contribution in [0.4, 0.5) is 13.2 Å². The molecule has 1 unspecified atom stereocenters. The maximum absolute atomic E-state index is 13.6. The molecule has 0 fully saturated rings. The van der Waals surface area contributed by atoms with E-state index in [9.17, 15) is 21.6 Å². The first kappa shape index (κ1) is 39.8. The average molecular weight is 788 g/mol. The Bertz CT molecular complexity index is 1990. The SMILES string of the molecule is NCCONC(=CCCCCCN=C(NS(=O)(=O)c1ccc(Cl)cc1)N1CC(c2ccccc2)C(c2ccc(Cl)cc2)=N1)c1ccc(C(F)(F)F)cc1. The third kappa shape index (κ3) is 11.3. The van der Waals surface area contributed by atoms with Gasteiger partial charge in [-0.3, -0.25) is 15.3 Å². The van der Waals surface area contributed by atoms with Crippen LogP contribution in [0, 0.1) is 0 Å². The number of nitrogens with zero attached hydrogens (tertiary/aromatic N) is 3. The Balaban J connectivity index is 1.32. The van der Waals surface area contributed by atoms with Crippen molar-refractivity contribution in [1.29, 1.82) is 0 Å². The monoisotopic (exact) mass is 786 g/mol. The van der Waals surface area contributed by atoms with E-state index in [1.165, 1.54) is 36.4 Å². The molecule has 4 N–H and O–H groups in total. The molecule has 15 heteroatoms. The lowest BCUT2D eigenvalue weighted by Crippen LogP contribution is -2.41. The second-order valence-corrected chi connectivity index (χ2v) is 14.6. The van der Waals surface area contributed by atoms with Gasteiger partial charge in [-0.05, 0) is 84.5 Å². The lowest BCUT2D eigenvalue weighted by Gasteiger charge is -2.20. The summed E-state index contributed by atoms with van der Waals surface area (Å²) in [7, 11) is -4.06. The standard InChI is InChI=1S/C38H39Cl2F3N6O3S/c39-31-17-13-29(14-18-31)36-34(27-8-4-3-5-9-27)26-49(46-36)37(48-53(50,51)33-21-19-32(40)20-22-33)45-24-7-2-1-6-10-35(47-52-25-23-44)28-11-15-30(16-12-28)38(41,42)43/h3-5,8-22,34,47H,1-2,6-7,23-26,44H2,(H,45,48). The van der Waals surface area contributed by atoms with Crippen molar-refractivity contribution in [3.8, 4) is 0 Å². The van der Waals surface area contributed by atoms with Gasteiger partial charge in [0.1, 0.15) is 0 Å². The molecule has 1 atom stereocenters. The number of hydroxylamine groups is 1. The van der Waals surface area contributed by atoms with Gasteiger partial charge in [0.25, 0.3) is 10.0 Å². The number of guanidine groups is 1. The lowest BCUT2D eigenvalue weighted by atomic mass is 9.91. The highest BCUT2D eigenvalue weighted by Gasteiger charge is 2.33. The molecule has 53 heavy (non-hydrogen) atoms. The van der Waals surface area contributed by atoms with Gasteiger partial charge in [0.05, 0.1) is 35.0 Å². The van der Waals surface area contributed by atoms with Crippen molar-refractivity contribution >= 4 is 50.6 Å². The van der Waals surface area contributed by atoms with Gasteiger partial charge in [-0.15, -0.1) is 0 Å². The summed E-state index contributed by atoms with van der Waals surface area (Å²) in [5.41, 5.74) is 11.2. The summed E-state index contributed by atoms with van der Waals surface area (Å²) in [6.07, 6.45) is 0.0868. The van der Waals surface area contributed by atoms with Crippen LogP contribution in [0.2, 0.25) is 10.0 Å². The van der Waals surface area contributed by atoms with Gasteiger partial charge in [0.2, 0.25) is 5.96 Å². The fraction of sp³-hybridized carbons (Fsp3) is 0.263. The highest BCUT2D eigenvalue weighted by Crippen LogP contribution is 2.31. The number of aliphatic imine (C=N–C) groups is 1. The van der Waals surface area contributed by atoms with Crippen LogP contribution < -0.4 is 15.9 Å². The number of rotatable bonds is 15. The lowest BCUT2D eigenvalue weighted by molar-refractivity contribution is -0.137. The molecule has 0 radical (unpaired) electrons. The Morgan fingerprint density at radius 2 is 1.58 bits per heavy atom. The molecular formula is C38H39Cl2F3N6O3S. The van der Waals surface area contributed by atoms with Crippen molar-refractivity contribution in [2.45, 2.75) is 42.7 Å². The van der Waals surface area contributed by atoms with Gasteiger partial charge in [-0.1, -0.05) is 90.3 Å². The van der Waals surface area contributed by atoms with Gasteiger partial charge in [-0.25, -0.2) is 18.1 Å². The zero-order valence-electron chi connectivity index (χ0n) is 28.6. The van der Waals surface area contributed by atoms with Gasteiger partial charge >= 0.3 is 6.18 Å². The van der Waals surface area contributed by atoms with Gasteiger partial charge < -0.3 is 5.73 Å². The maximum atomic E-state index is 13.6. The summed E-state index contributed by atoms with van der Waals surface area (Å²) >= 11 is 12.2. The van der Waals surface area contributed by atoms with Gasteiger partial charge in [0, 0.05) is 29.1 Å². The van der Waals surface area contributed by atoms with E-state index < -0.39 is 21.8 Å². The van der Waals surface area contributed by atoms with Gasteiger partial charge in [0.15, 0.2) is 0 Å². The van der Waals surface area contributed by atoms with Crippen molar-refractivity contribution in [3.63, 3.8) is 0 Å². The number of sulfonamides is 1. The van der Waals surface area contributed by atoms with E-state index in [4.69, 9.17) is 43.9 Å². The minimum atomic E-state index is -4.44. The molecule has 9 nitrogen and oxygen atoms in total. The van der Waals surface area contributed by atoms with E-state index >= 15 is 0 Å². The number of hydrogen-bond donors (Lipinski definition) is 3. The van der Waals surface area contributed by atoms with Crippen molar-refractivity contribution < 1.29 is 26.4 Å². The van der Waals surface area contributed by atoms with Crippen LogP contribution in [0.25, 0.3) is 5.70 Å². The smallest absolute Gasteiger partial charge is 0.328 e. The van der Waals surface area contributed by atoms with Crippen LogP contribution in [0.3, 0.4) is 0 Å². The Morgan fingerprint density at radius 1 is 0.925 bits per heavy atom. The van der Waals surface area contributed by atoms with Crippen molar-refractivity contribution in [3.05, 3.63) is 142 Å². The van der Waals surface area contributed by atoms with Crippen LogP contribution >= 0.6 is 23.2 Å². The predicted octanol–water partition coefficient (Wildman–Crippen LogP) is 8.23. The van der Waals surface area contributed by atoms with Crippen LogP contribution in [0.15, 0.2) is 124 Å². The number of nitrogens with two attached hydrogens (primary N) is 1. The number of nitrogens with one attached hydrogen (secondary N) is 2. The van der Waals surface area contributed by atoms with E-state index in [1.54, 1.807) is 17.1 Å². The van der Waals surface area contributed by atoms with E-state index in [2.05, 4.69) is 10.2 Å². The van der Waals surface area contributed by atoms with Crippen LogP contribution in [-0.2, 0) is 21.0 Å². The minimum absolute atomic E-state index is 0.0231. The molecule has 0 spiro atoms. The molecule has 0 bridgehead atoms. The minimum Gasteiger partial charge on any atom is -0.328 e. The topological polar surface area (TPSA) is 121 Å². The van der Waals surface area contributed by atoms with E-state index in [-0.39, 0.29) is 29.9 Å². The molecule has 0 saturated heterocycles. The first-order valence-corrected chi connectivity index (χ1v) is 19.1. The van der Waals surface area contributed by atoms with E-state index in [0.29, 0.717) is 47.2 Å². The third-order valence-electron chi connectivity index (χ3n) is 8.25. The van der Waals surface area contributed by atoms with E-state index in [1.807, 2.05) is 48.5 Å². The Kier molecular flexibility index (Phi) is 13.9. The summed E-state index contributed by atoms with van der Waals surface area (Å²) in [5.74, 6) is -0.105. The summed E-state index contributed by atoms with van der Waals surface area (Å²) in [6.45, 7) is 1.11. The number of alkyl halides is 3. The second kappa shape index (κ2) is 18.6. The Morgan fingerprint density at radius 3 is 2.23 bits per heavy atom. The summed E-state index contributed by atoms with van der Waals surface area (Å²) in [4.78, 5) is 10.1. The molecule has 280 valence electrons. The van der Waals surface area contributed by atoms with Crippen molar-refractivity contribution in [2.24, 2.45) is 15.8 Å². The van der Waals surface area contributed by atoms with Crippen molar-refractivity contribution in [1.82, 2.24) is 15.2 Å². The molecule has 5 rings (SSSR count). The third-order valence-corrected chi connectivity index (χ3v) is 10.1. The molecule has 4 aromatic rings. The summed E-state index contributed by atoms with van der Waals surface area (Å²) < 4.78 is 69.0. The average Bonchev–Trinajstić information content (AvgIpc) is 3.59. The number of halogens is 5. The molecular weight excluding hydrogens is 748 g/mol. The molecule has 1 aliphatic heterocycles. The highest BCUT2D eigenvalue weighted by molar-refractivity contribution is 7.90. The second-order valence-electron chi connectivity index (χ2n) is 12.1. The molecule has 0 aromatic heterocycles. The number of hydrazone groups is 1. The number of benzene rings is 4. The number of hydrogen-bond acceptors (Lipinski definition) is 7. The highest BCUT2D eigenvalue weighted by atomic mass is 35.5. The number of allylic oxidation sites excluding steroid dienone is 1. The summed E-state index contributed by atoms with van der Waals surface area (Å²) in [5, 5.41) is 7.47. The van der Waals surface area contributed by atoms with E-state index in [0.717, 1.165) is 41.8 Å². The first-order valence-electron chi connectivity index (χ1n) is 16.9. The van der Waals surface area contributed by atoms with Crippen LogP contribution in [0.1, 0.15) is 53.9 Å². The molecule has 1 aliphatic rings. The maximum Gasteiger partial charge on any atom is 0.416 e. The zero-order chi connectivity index (χ0) is 37.8. The van der Waals surface area contributed by atoms with Crippen LogP contribution in [-0.4, -0.2) is 51.3 Å².